The third-order valence-electron chi connectivity index (χ3n) is 5.73. The van der Waals surface area contributed by atoms with E-state index in [1.165, 1.54) is 13.0 Å². The van der Waals surface area contributed by atoms with Crippen LogP contribution in [0.3, 0.4) is 0 Å². The highest BCUT2D eigenvalue weighted by molar-refractivity contribution is 5.90. The third kappa shape index (κ3) is 6.15. The fourth-order valence-electron chi connectivity index (χ4n) is 4.02. The van der Waals surface area contributed by atoms with Crippen LogP contribution in [0, 0.1) is 17.3 Å². The molecule has 9 heteroatoms. The third-order valence-corrected chi connectivity index (χ3v) is 5.73. The molecule has 1 rings (SSSR count). The van der Waals surface area contributed by atoms with Gasteiger partial charge in [0.25, 0.3) is 0 Å². The van der Waals surface area contributed by atoms with Crippen molar-refractivity contribution in [3.63, 3.8) is 0 Å². The van der Waals surface area contributed by atoms with Gasteiger partial charge in [0.2, 0.25) is 0 Å². The van der Waals surface area contributed by atoms with Gasteiger partial charge in [0.1, 0.15) is 12.7 Å². The molecule has 32 heavy (non-hydrogen) atoms. The summed E-state index contributed by atoms with van der Waals surface area (Å²) >= 11 is 0. The molecule has 0 radical (unpaired) electrons. The van der Waals surface area contributed by atoms with E-state index in [1.807, 2.05) is 0 Å². The van der Waals surface area contributed by atoms with Crippen molar-refractivity contribution in [2.24, 2.45) is 17.3 Å². The minimum Gasteiger partial charge on any atom is -0.466 e. The van der Waals surface area contributed by atoms with Gasteiger partial charge in [-0.15, -0.1) is 6.58 Å². The van der Waals surface area contributed by atoms with Crippen molar-refractivity contribution in [1.82, 2.24) is 0 Å². The minimum atomic E-state index is -1.31. The lowest BCUT2D eigenvalue weighted by Gasteiger charge is -2.50. The lowest BCUT2D eigenvalue weighted by atomic mass is 9.58. The van der Waals surface area contributed by atoms with Crippen LogP contribution in [0.1, 0.15) is 20.3 Å². The first-order chi connectivity index (χ1) is 15.0. The van der Waals surface area contributed by atoms with Crippen LogP contribution < -0.4 is 0 Å². The van der Waals surface area contributed by atoms with Crippen LogP contribution in [0.2, 0.25) is 0 Å². The van der Waals surface area contributed by atoms with E-state index in [0.717, 1.165) is 7.11 Å². The van der Waals surface area contributed by atoms with Gasteiger partial charge in [-0.2, -0.15) is 0 Å². The lowest BCUT2D eigenvalue weighted by Crippen LogP contribution is -2.54. The Balaban J connectivity index is 3.35. The van der Waals surface area contributed by atoms with Crippen LogP contribution in [-0.4, -0.2) is 72.4 Å². The zero-order valence-corrected chi connectivity index (χ0v) is 18.7. The molecule has 9 nitrogen and oxygen atoms in total. The van der Waals surface area contributed by atoms with E-state index in [2.05, 4.69) is 19.7 Å². The van der Waals surface area contributed by atoms with E-state index >= 15 is 0 Å². The number of carbonyl (C=O) groups excluding carboxylic acids is 3. The van der Waals surface area contributed by atoms with Gasteiger partial charge in [-0.1, -0.05) is 26.2 Å². The topological polar surface area (TPSA) is 140 Å². The molecule has 1 fully saturated rings. The number of esters is 3. The molecular formula is C23H32O9. The fraction of sp³-hybridized carbons (Fsp3) is 0.522. The van der Waals surface area contributed by atoms with Crippen LogP contribution in [0.25, 0.3) is 0 Å². The number of aliphatic hydroxyl groups is 3. The van der Waals surface area contributed by atoms with E-state index in [-0.39, 0.29) is 24.2 Å². The molecule has 1 aliphatic carbocycles. The Morgan fingerprint density at radius 3 is 2.25 bits per heavy atom. The molecule has 0 aromatic rings. The molecule has 1 saturated carbocycles. The van der Waals surface area contributed by atoms with Crippen LogP contribution in [0.5, 0.6) is 0 Å². The van der Waals surface area contributed by atoms with Crippen LogP contribution in [0.4, 0.5) is 0 Å². The Morgan fingerprint density at radius 1 is 1.16 bits per heavy atom. The van der Waals surface area contributed by atoms with Gasteiger partial charge in [0.15, 0.2) is 0 Å². The molecule has 0 unspecified atom stereocenters. The molecule has 3 N–H and O–H groups in total. The van der Waals surface area contributed by atoms with Crippen LogP contribution in [0.15, 0.2) is 48.6 Å². The van der Waals surface area contributed by atoms with E-state index < -0.39 is 60.6 Å². The van der Waals surface area contributed by atoms with Crippen molar-refractivity contribution < 1.29 is 43.9 Å². The average Bonchev–Trinajstić information content (AvgIpc) is 2.75. The highest BCUT2D eigenvalue weighted by Gasteiger charge is 2.53. The van der Waals surface area contributed by atoms with Crippen molar-refractivity contribution in [3.05, 3.63) is 48.6 Å². The number of aliphatic hydroxyl groups excluding tert-OH is 3. The SMILES string of the molecule is C=C[C@@]1(C)C[C@@H](OC(=O)/C(=C\COC(C)=O)CO)[C@@H](C(=C)C(=O)OC)[C@@H](O)[C@H]1C(=C)CO. The monoisotopic (exact) mass is 452 g/mol. The molecule has 0 aromatic heterocycles. The van der Waals surface area contributed by atoms with Crippen LogP contribution >= 0.6 is 0 Å². The fourth-order valence-corrected chi connectivity index (χ4v) is 4.02. The van der Waals surface area contributed by atoms with Crippen LogP contribution in [-0.2, 0) is 28.6 Å². The number of allylic oxidation sites excluding steroid dienone is 1. The Kier molecular flexibility index (Phi) is 10.0. The van der Waals surface area contributed by atoms with E-state index in [0.29, 0.717) is 5.57 Å². The highest BCUT2D eigenvalue weighted by atomic mass is 16.6. The highest BCUT2D eigenvalue weighted by Crippen LogP contribution is 2.50. The second kappa shape index (κ2) is 11.8. The quantitative estimate of drug-likeness (QED) is 0.190. The summed E-state index contributed by atoms with van der Waals surface area (Å²) in [5, 5.41) is 30.4. The summed E-state index contributed by atoms with van der Waals surface area (Å²) in [6.45, 7) is 13.0. The maximum absolute atomic E-state index is 12.7. The molecule has 0 amide bonds. The molecule has 0 heterocycles. The summed E-state index contributed by atoms with van der Waals surface area (Å²) in [4.78, 5) is 35.8. The second-order valence-electron chi connectivity index (χ2n) is 7.88. The van der Waals surface area contributed by atoms with Gasteiger partial charge in [-0.05, 0) is 23.5 Å². The molecule has 5 atom stereocenters. The van der Waals surface area contributed by atoms with Gasteiger partial charge < -0.3 is 29.5 Å². The number of hydrogen-bond donors (Lipinski definition) is 3. The normalized spacial score (nSPS) is 27.8. The molecule has 0 spiro atoms. The summed E-state index contributed by atoms with van der Waals surface area (Å²) in [6.07, 6.45) is 0.545. The minimum absolute atomic E-state index is 0.117. The zero-order chi connectivity index (χ0) is 24.6. The zero-order valence-electron chi connectivity index (χ0n) is 18.7. The summed E-state index contributed by atoms with van der Waals surface area (Å²) in [5.41, 5.74) is -0.804. The number of methoxy groups -OCH3 is 1. The number of carbonyl (C=O) groups is 3. The first kappa shape index (κ1) is 27.3. The standard InChI is InChI=1S/C23H32O9/c1-7-23(5)10-17(32-22(29)16(12-25)8-9-31-15(4)26)18(14(3)21(28)30-6)20(27)19(23)13(2)11-24/h7-8,17-20,24-25,27H,1-3,9-12H2,4-6H3/b16-8-/t17-,18-,19-,20-,23+/m1/s1. The second-order valence-corrected chi connectivity index (χ2v) is 7.88. The summed E-state index contributed by atoms with van der Waals surface area (Å²) in [5.74, 6) is -4.04. The molecule has 0 bridgehead atoms. The van der Waals surface area contributed by atoms with Gasteiger partial charge in [-0.3, -0.25) is 4.79 Å². The van der Waals surface area contributed by atoms with Gasteiger partial charge in [0, 0.05) is 18.4 Å². The van der Waals surface area contributed by atoms with E-state index in [1.54, 1.807) is 13.0 Å². The first-order valence-corrected chi connectivity index (χ1v) is 9.98. The summed E-state index contributed by atoms with van der Waals surface area (Å²) in [7, 11) is 1.16. The lowest BCUT2D eigenvalue weighted by molar-refractivity contribution is -0.161. The molecule has 0 aliphatic heterocycles. The predicted octanol–water partition coefficient (Wildman–Crippen LogP) is 0.847. The van der Waals surface area contributed by atoms with Crippen molar-refractivity contribution in [2.75, 3.05) is 26.9 Å². The van der Waals surface area contributed by atoms with E-state index in [4.69, 9.17) is 14.2 Å². The van der Waals surface area contributed by atoms with Crippen molar-refractivity contribution in [1.29, 1.82) is 0 Å². The largest absolute Gasteiger partial charge is 0.466 e. The van der Waals surface area contributed by atoms with Crippen molar-refractivity contribution in [3.8, 4) is 0 Å². The number of hydrogen-bond acceptors (Lipinski definition) is 9. The molecule has 178 valence electrons. The number of rotatable bonds is 10. The Morgan fingerprint density at radius 2 is 1.78 bits per heavy atom. The maximum atomic E-state index is 12.7. The Labute approximate surface area is 187 Å². The Bertz CT molecular complexity index is 797. The molecule has 0 saturated heterocycles. The number of ether oxygens (including phenoxy) is 3. The predicted molar refractivity (Wildman–Crippen MR) is 115 cm³/mol. The van der Waals surface area contributed by atoms with Crippen molar-refractivity contribution >= 4 is 17.9 Å². The van der Waals surface area contributed by atoms with Gasteiger partial charge >= 0.3 is 17.9 Å². The average molecular weight is 453 g/mol. The molecule has 1 aliphatic rings. The van der Waals surface area contributed by atoms with Crippen molar-refractivity contribution in [2.45, 2.75) is 32.5 Å². The first-order valence-electron chi connectivity index (χ1n) is 9.98. The maximum Gasteiger partial charge on any atom is 0.336 e. The van der Waals surface area contributed by atoms with Gasteiger partial charge in [0.05, 0.1) is 37.9 Å². The Hall–Kier alpha value is -2.75. The smallest absolute Gasteiger partial charge is 0.336 e. The molecule has 0 aromatic carbocycles. The summed E-state index contributed by atoms with van der Waals surface area (Å²) < 4.78 is 15.1. The summed E-state index contributed by atoms with van der Waals surface area (Å²) in [6, 6.07) is 0. The van der Waals surface area contributed by atoms with E-state index in [9.17, 15) is 29.7 Å². The van der Waals surface area contributed by atoms with Gasteiger partial charge in [-0.25, -0.2) is 9.59 Å². The molecular weight excluding hydrogens is 420 g/mol.